The van der Waals surface area contributed by atoms with E-state index in [9.17, 15) is 0 Å². The molecule has 0 saturated carbocycles. The van der Waals surface area contributed by atoms with E-state index in [1.165, 1.54) is 0 Å². The van der Waals surface area contributed by atoms with Crippen LogP contribution in [0.3, 0.4) is 0 Å². The molecule has 1 aromatic rings. The van der Waals surface area contributed by atoms with Gasteiger partial charge in [-0.1, -0.05) is 6.07 Å². The summed E-state index contributed by atoms with van der Waals surface area (Å²) in [6.45, 7) is 0. The topological polar surface area (TPSA) is 102 Å². The number of halogens is 3. The lowest BCUT2D eigenvalue weighted by Gasteiger charge is -1.82. The third-order valence-electron chi connectivity index (χ3n) is 0.688. The van der Waals surface area contributed by atoms with Crippen molar-refractivity contribution in [2.75, 3.05) is 5.73 Å². The highest BCUT2D eigenvalue weighted by Gasteiger charge is 1.73. The van der Waals surface area contributed by atoms with Gasteiger partial charge in [0.15, 0.2) is 0 Å². The van der Waals surface area contributed by atoms with Crippen LogP contribution in [0.5, 0.6) is 0 Å². The predicted molar refractivity (Wildman–Crippen MR) is 57.6 cm³/mol. The Morgan fingerprint density at radius 3 is 1.67 bits per heavy atom. The monoisotopic (exact) mass is 238 g/mol. The van der Waals surface area contributed by atoms with Crippen molar-refractivity contribution in [2.24, 2.45) is 0 Å². The first-order valence-corrected chi connectivity index (χ1v) is 2.06. The van der Waals surface area contributed by atoms with Gasteiger partial charge >= 0.3 is 0 Å². The third kappa shape index (κ3) is 12.4. The maximum Gasteiger partial charge on any atom is 0.123 e. The lowest BCUT2D eigenvalue weighted by molar-refractivity contribution is 0.823. The number of pyridine rings is 1. The molecule has 0 amide bonds. The summed E-state index contributed by atoms with van der Waals surface area (Å²) in [6.07, 6.45) is 1.66. The van der Waals surface area contributed by atoms with Crippen LogP contribution in [0.2, 0.25) is 0 Å². The van der Waals surface area contributed by atoms with Crippen molar-refractivity contribution in [1.82, 2.24) is 4.98 Å². The van der Waals surface area contributed by atoms with Gasteiger partial charge in [0, 0.05) is 6.20 Å². The van der Waals surface area contributed by atoms with E-state index in [-0.39, 0.29) is 48.2 Å². The Labute approximate surface area is 89.4 Å². The summed E-state index contributed by atoms with van der Waals surface area (Å²) in [7, 11) is 0. The Morgan fingerprint density at radius 1 is 1.00 bits per heavy atom. The van der Waals surface area contributed by atoms with Gasteiger partial charge in [-0.2, -0.15) is 0 Å². The van der Waals surface area contributed by atoms with Crippen LogP contribution in [0.25, 0.3) is 0 Å². The van der Waals surface area contributed by atoms with Crippen LogP contribution >= 0.6 is 37.2 Å². The quantitative estimate of drug-likeness (QED) is 0.703. The molecule has 6 N–H and O–H groups in total. The van der Waals surface area contributed by atoms with E-state index in [2.05, 4.69) is 4.98 Å². The molecule has 1 heterocycles. The summed E-state index contributed by atoms with van der Waals surface area (Å²) in [6, 6.07) is 5.43. The second-order valence-corrected chi connectivity index (χ2v) is 1.25. The van der Waals surface area contributed by atoms with Crippen molar-refractivity contribution >= 4 is 43.0 Å². The molecule has 0 spiro atoms. The third-order valence-corrected chi connectivity index (χ3v) is 0.688. The number of nitrogens with zero attached hydrogens (tertiary/aromatic N) is 1. The standard InChI is InChI=1S/C5H6N2.3ClH.2H2O/c6-5-3-1-2-4-7-5;;;;;/h1-4H,(H2,6,7);3*1H;2*1H2. The number of nitrogens with two attached hydrogens (primary N) is 1. The first kappa shape index (κ1) is 29.8. The van der Waals surface area contributed by atoms with Gasteiger partial charge in [0.05, 0.1) is 0 Å². The van der Waals surface area contributed by atoms with Crippen molar-refractivity contribution < 1.29 is 11.0 Å². The number of rotatable bonds is 0. The highest BCUT2D eigenvalue weighted by Crippen LogP contribution is 1.89. The average molecular weight is 240 g/mol. The molecule has 76 valence electrons. The number of anilines is 1. The zero-order chi connectivity index (χ0) is 5.11. The van der Waals surface area contributed by atoms with Crippen molar-refractivity contribution in [2.45, 2.75) is 0 Å². The van der Waals surface area contributed by atoms with Crippen LogP contribution < -0.4 is 5.73 Å². The van der Waals surface area contributed by atoms with Crippen LogP contribution in [0.4, 0.5) is 5.82 Å². The van der Waals surface area contributed by atoms with Crippen molar-refractivity contribution in [3.05, 3.63) is 24.4 Å². The van der Waals surface area contributed by atoms with Gasteiger partial charge in [-0.15, -0.1) is 37.2 Å². The fraction of sp³-hybridized carbons (Fsp3) is 0. The Hall–Kier alpha value is -0.260. The zero-order valence-corrected chi connectivity index (χ0v) is 8.51. The van der Waals surface area contributed by atoms with Crippen LogP contribution in [0.1, 0.15) is 0 Å². The lowest BCUT2D eigenvalue weighted by Crippen LogP contribution is -1.85. The summed E-state index contributed by atoms with van der Waals surface area (Å²) in [5.41, 5.74) is 5.25. The largest absolute Gasteiger partial charge is 0.412 e. The molecular formula is C5H13Cl3N2O2. The second-order valence-electron chi connectivity index (χ2n) is 1.25. The number of aromatic nitrogens is 1. The normalized spacial score (nSPS) is 5.00. The number of hydrogen-bond donors (Lipinski definition) is 1. The first-order chi connectivity index (χ1) is 3.39. The first-order valence-electron chi connectivity index (χ1n) is 2.06. The highest BCUT2D eigenvalue weighted by molar-refractivity contribution is 5.86. The minimum absolute atomic E-state index is 0. The molecule has 0 radical (unpaired) electrons. The Morgan fingerprint density at radius 2 is 1.50 bits per heavy atom. The van der Waals surface area contributed by atoms with Gasteiger partial charge in [0.2, 0.25) is 0 Å². The fourth-order valence-electron chi connectivity index (χ4n) is 0.376. The van der Waals surface area contributed by atoms with Gasteiger partial charge in [-0.3, -0.25) is 0 Å². The molecule has 0 unspecified atom stereocenters. The van der Waals surface area contributed by atoms with E-state index in [1.807, 2.05) is 12.1 Å². The molecule has 0 aliphatic carbocycles. The molecule has 0 aromatic carbocycles. The molecule has 1 rings (SSSR count). The maximum atomic E-state index is 5.25. The number of hydrogen-bond acceptors (Lipinski definition) is 2. The lowest BCUT2D eigenvalue weighted by atomic mass is 10.5. The van der Waals surface area contributed by atoms with Gasteiger partial charge in [-0.25, -0.2) is 4.98 Å². The molecule has 7 heteroatoms. The van der Waals surface area contributed by atoms with E-state index >= 15 is 0 Å². The van der Waals surface area contributed by atoms with Crippen molar-refractivity contribution in [1.29, 1.82) is 0 Å². The van der Waals surface area contributed by atoms with Crippen LogP contribution in [0.15, 0.2) is 24.4 Å². The molecule has 0 saturated heterocycles. The molecule has 0 bridgehead atoms. The molecule has 1 aromatic heterocycles. The van der Waals surface area contributed by atoms with Crippen molar-refractivity contribution in [3.8, 4) is 0 Å². The van der Waals surface area contributed by atoms with E-state index in [0.717, 1.165) is 0 Å². The van der Waals surface area contributed by atoms with Crippen LogP contribution in [0, 0.1) is 0 Å². The molecular weight excluding hydrogens is 226 g/mol. The Bertz CT molecular complexity index is 153. The summed E-state index contributed by atoms with van der Waals surface area (Å²) in [5, 5.41) is 0. The molecule has 0 fully saturated rings. The smallest absolute Gasteiger partial charge is 0.123 e. The van der Waals surface area contributed by atoms with Crippen LogP contribution in [-0.2, 0) is 0 Å². The highest BCUT2D eigenvalue weighted by atomic mass is 35.5. The molecule has 0 aliphatic heterocycles. The summed E-state index contributed by atoms with van der Waals surface area (Å²) in [5.74, 6) is 0.572. The van der Waals surface area contributed by atoms with Gasteiger partial charge in [0.1, 0.15) is 5.82 Å². The Balaban J connectivity index is -0.0000000327. The van der Waals surface area contributed by atoms with E-state index < -0.39 is 0 Å². The molecule has 0 aliphatic rings. The SMILES string of the molecule is Cl.Cl.Cl.Nc1ccccn1.O.O. The van der Waals surface area contributed by atoms with Gasteiger partial charge < -0.3 is 16.7 Å². The van der Waals surface area contributed by atoms with Crippen molar-refractivity contribution in [3.63, 3.8) is 0 Å². The van der Waals surface area contributed by atoms with E-state index in [0.29, 0.717) is 5.82 Å². The summed E-state index contributed by atoms with van der Waals surface area (Å²) >= 11 is 0. The summed E-state index contributed by atoms with van der Waals surface area (Å²) in [4.78, 5) is 3.76. The molecule has 4 nitrogen and oxygen atoms in total. The second kappa shape index (κ2) is 17.0. The predicted octanol–water partition coefficient (Wildman–Crippen LogP) is 0.280. The molecule has 12 heavy (non-hydrogen) atoms. The van der Waals surface area contributed by atoms with Gasteiger partial charge in [-0.05, 0) is 12.1 Å². The van der Waals surface area contributed by atoms with Gasteiger partial charge in [0.25, 0.3) is 0 Å². The Kier molecular flexibility index (Phi) is 42.2. The minimum atomic E-state index is 0. The zero-order valence-electron chi connectivity index (χ0n) is 6.06. The fourth-order valence-corrected chi connectivity index (χ4v) is 0.376. The summed E-state index contributed by atoms with van der Waals surface area (Å²) < 4.78 is 0. The maximum absolute atomic E-state index is 5.25. The van der Waals surface area contributed by atoms with E-state index in [4.69, 9.17) is 5.73 Å². The minimum Gasteiger partial charge on any atom is -0.412 e. The average Bonchev–Trinajstić information content (AvgIpc) is 1.69. The van der Waals surface area contributed by atoms with Crippen LogP contribution in [-0.4, -0.2) is 15.9 Å². The number of nitrogen functional groups attached to an aromatic ring is 1. The van der Waals surface area contributed by atoms with E-state index in [1.54, 1.807) is 12.3 Å². The molecule has 0 atom stereocenters.